The minimum atomic E-state index is 0.633. The van der Waals surface area contributed by atoms with Crippen LogP contribution >= 0.6 is 11.8 Å². The third-order valence-corrected chi connectivity index (χ3v) is 3.10. The molecule has 1 aromatic carbocycles. The second kappa shape index (κ2) is 5.07. The lowest BCUT2D eigenvalue weighted by Gasteiger charge is -2.07. The van der Waals surface area contributed by atoms with E-state index in [-0.39, 0.29) is 0 Å². The van der Waals surface area contributed by atoms with Gasteiger partial charge in [0.05, 0.1) is 6.54 Å². The molecular weight excluding hydrogens is 220 g/mol. The summed E-state index contributed by atoms with van der Waals surface area (Å²) < 4.78 is 5.31. The lowest BCUT2D eigenvalue weighted by atomic mass is 10.1. The molecule has 84 valence electrons. The number of nitrogens with zero attached hydrogens (tertiary/aromatic N) is 1. The van der Waals surface area contributed by atoms with Crippen molar-refractivity contribution >= 4 is 23.4 Å². The van der Waals surface area contributed by atoms with Crippen LogP contribution in [0.15, 0.2) is 40.2 Å². The molecule has 2 N–H and O–H groups in total. The van der Waals surface area contributed by atoms with Crippen molar-refractivity contribution < 1.29 is 4.74 Å². The number of hydrogen-bond donors (Lipinski definition) is 1. The van der Waals surface area contributed by atoms with Crippen LogP contribution in [0.25, 0.3) is 5.70 Å². The highest BCUT2D eigenvalue weighted by Crippen LogP contribution is 2.24. The maximum Gasteiger partial charge on any atom is 0.210 e. The third kappa shape index (κ3) is 2.39. The second-order valence-electron chi connectivity index (χ2n) is 3.37. The van der Waals surface area contributed by atoms with Crippen molar-refractivity contribution in [2.45, 2.75) is 4.90 Å². The first-order valence-corrected chi connectivity index (χ1v) is 6.31. The van der Waals surface area contributed by atoms with Crippen LogP contribution in [-0.4, -0.2) is 25.3 Å². The van der Waals surface area contributed by atoms with Gasteiger partial charge in [0.1, 0.15) is 6.61 Å². The van der Waals surface area contributed by atoms with Crippen molar-refractivity contribution in [2.75, 3.05) is 19.4 Å². The fraction of sp³-hybridized carbons (Fsp3) is 0.250. The highest BCUT2D eigenvalue weighted by atomic mass is 32.2. The topological polar surface area (TPSA) is 47.6 Å². The van der Waals surface area contributed by atoms with E-state index in [0.29, 0.717) is 18.2 Å². The van der Waals surface area contributed by atoms with Gasteiger partial charge in [-0.2, -0.15) is 0 Å². The smallest absolute Gasteiger partial charge is 0.210 e. The molecular formula is C12H14N2OS. The molecule has 0 spiro atoms. The fourth-order valence-electron chi connectivity index (χ4n) is 1.53. The van der Waals surface area contributed by atoms with Crippen molar-refractivity contribution in [3.63, 3.8) is 0 Å². The van der Waals surface area contributed by atoms with E-state index in [2.05, 4.69) is 11.1 Å². The summed E-state index contributed by atoms with van der Waals surface area (Å²) in [6.45, 7) is 1.38. The molecule has 0 saturated carbocycles. The lowest BCUT2D eigenvalue weighted by molar-refractivity contribution is 0.350. The van der Waals surface area contributed by atoms with Crippen LogP contribution < -0.4 is 5.73 Å². The van der Waals surface area contributed by atoms with Gasteiger partial charge in [-0.15, -0.1) is 11.8 Å². The summed E-state index contributed by atoms with van der Waals surface area (Å²) in [5, 5.41) is 0. The van der Waals surface area contributed by atoms with Crippen LogP contribution in [0, 0.1) is 0 Å². The van der Waals surface area contributed by atoms with Gasteiger partial charge in [-0.1, -0.05) is 18.2 Å². The van der Waals surface area contributed by atoms with Crippen LogP contribution in [0.2, 0.25) is 0 Å². The molecule has 1 aliphatic rings. The van der Waals surface area contributed by atoms with Crippen molar-refractivity contribution in [3.8, 4) is 0 Å². The van der Waals surface area contributed by atoms with E-state index in [1.54, 1.807) is 17.8 Å². The van der Waals surface area contributed by atoms with E-state index in [1.165, 1.54) is 0 Å². The largest absolute Gasteiger partial charge is 0.476 e. The molecule has 0 fully saturated rings. The van der Waals surface area contributed by atoms with Gasteiger partial charge in [0, 0.05) is 22.2 Å². The highest BCUT2D eigenvalue weighted by Gasteiger charge is 2.08. The van der Waals surface area contributed by atoms with E-state index < -0.39 is 0 Å². The SMILES string of the molecule is CSc1ccccc1/C(N)=C/C1=NCCO1. The standard InChI is InChI=1S/C12H14N2OS/c1-16-11-5-3-2-4-9(11)10(13)8-12-14-6-7-15-12/h2-5,8H,6-7,13H2,1H3/b10-8-. The Kier molecular flexibility index (Phi) is 3.51. The number of thioether (sulfide) groups is 1. The molecule has 0 aromatic heterocycles. The number of rotatable bonds is 3. The van der Waals surface area contributed by atoms with E-state index >= 15 is 0 Å². The van der Waals surface area contributed by atoms with Gasteiger partial charge in [-0.05, 0) is 12.3 Å². The Hall–Kier alpha value is -1.42. The zero-order valence-corrected chi connectivity index (χ0v) is 9.96. The predicted molar refractivity (Wildman–Crippen MR) is 68.6 cm³/mol. The Labute approximate surface area is 99.4 Å². The van der Waals surface area contributed by atoms with Crippen molar-refractivity contribution in [1.29, 1.82) is 0 Å². The Balaban J connectivity index is 2.29. The minimum absolute atomic E-state index is 0.633. The Bertz CT molecular complexity index is 440. The van der Waals surface area contributed by atoms with Crippen LogP contribution in [-0.2, 0) is 4.74 Å². The first kappa shape index (κ1) is 11.1. The van der Waals surface area contributed by atoms with Crippen LogP contribution in [0.1, 0.15) is 5.56 Å². The Morgan fingerprint density at radius 2 is 2.31 bits per heavy atom. The summed E-state index contributed by atoms with van der Waals surface area (Å²) in [6, 6.07) is 8.05. The maximum atomic E-state index is 6.04. The van der Waals surface area contributed by atoms with Gasteiger partial charge in [0.25, 0.3) is 0 Å². The molecule has 2 rings (SSSR count). The number of benzene rings is 1. The molecule has 0 radical (unpaired) electrons. The quantitative estimate of drug-likeness (QED) is 0.815. The molecule has 0 atom stereocenters. The molecule has 0 aliphatic carbocycles. The van der Waals surface area contributed by atoms with Gasteiger partial charge < -0.3 is 10.5 Å². The number of aliphatic imine (C=N–C) groups is 1. The van der Waals surface area contributed by atoms with Gasteiger partial charge in [0.15, 0.2) is 0 Å². The van der Waals surface area contributed by atoms with Crippen LogP contribution in [0.3, 0.4) is 0 Å². The Morgan fingerprint density at radius 3 is 3.00 bits per heavy atom. The van der Waals surface area contributed by atoms with E-state index in [4.69, 9.17) is 10.5 Å². The van der Waals surface area contributed by atoms with Crippen LogP contribution in [0.5, 0.6) is 0 Å². The average Bonchev–Trinajstić information content (AvgIpc) is 2.81. The monoisotopic (exact) mass is 234 g/mol. The highest BCUT2D eigenvalue weighted by molar-refractivity contribution is 7.98. The third-order valence-electron chi connectivity index (χ3n) is 2.31. The summed E-state index contributed by atoms with van der Waals surface area (Å²) >= 11 is 1.68. The Morgan fingerprint density at radius 1 is 1.50 bits per heavy atom. The molecule has 3 nitrogen and oxygen atoms in total. The zero-order valence-electron chi connectivity index (χ0n) is 9.14. The maximum absolute atomic E-state index is 6.04. The fourth-order valence-corrected chi connectivity index (χ4v) is 2.15. The van der Waals surface area contributed by atoms with E-state index in [9.17, 15) is 0 Å². The minimum Gasteiger partial charge on any atom is -0.476 e. The number of nitrogens with two attached hydrogens (primary N) is 1. The molecule has 0 amide bonds. The van der Waals surface area contributed by atoms with Gasteiger partial charge in [-0.25, -0.2) is 4.99 Å². The summed E-state index contributed by atoms with van der Waals surface area (Å²) in [4.78, 5) is 5.35. The molecule has 1 heterocycles. The normalized spacial score (nSPS) is 15.8. The summed E-state index contributed by atoms with van der Waals surface area (Å²) in [5.74, 6) is 0.633. The van der Waals surface area contributed by atoms with Crippen molar-refractivity contribution in [2.24, 2.45) is 10.7 Å². The first-order chi connectivity index (χ1) is 7.81. The second-order valence-corrected chi connectivity index (χ2v) is 4.22. The molecule has 16 heavy (non-hydrogen) atoms. The molecule has 0 bridgehead atoms. The first-order valence-electron chi connectivity index (χ1n) is 5.09. The van der Waals surface area contributed by atoms with E-state index in [1.807, 2.05) is 24.5 Å². The van der Waals surface area contributed by atoms with Crippen molar-refractivity contribution in [3.05, 3.63) is 35.9 Å². The lowest BCUT2D eigenvalue weighted by Crippen LogP contribution is -2.03. The van der Waals surface area contributed by atoms with Gasteiger partial charge >= 0.3 is 0 Å². The summed E-state index contributed by atoms with van der Waals surface area (Å²) in [6.07, 6.45) is 3.83. The molecule has 0 unspecified atom stereocenters. The van der Waals surface area contributed by atoms with Crippen LogP contribution in [0.4, 0.5) is 0 Å². The van der Waals surface area contributed by atoms with E-state index in [0.717, 1.165) is 17.0 Å². The van der Waals surface area contributed by atoms with Crippen molar-refractivity contribution in [1.82, 2.24) is 0 Å². The average molecular weight is 234 g/mol. The number of hydrogen-bond acceptors (Lipinski definition) is 4. The predicted octanol–water partition coefficient (Wildman–Crippen LogP) is 2.14. The summed E-state index contributed by atoms with van der Waals surface area (Å²) in [5.41, 5.74) is 7.77. The number of ether oxygens (including phenoxy) is 1. The van der Waals surface area contributed by atoms with Gasteiger partial charge in [-0.3, -0.25) is 0 Å². The molecule has 1 aromatic rings. The zero-order chi connectivity index (χ0) is 11.4. The molecule has 1 aliphatic heterocycles. The molecule has 4 heteroatoms. The van der Waals surface area contributed by atoms with Gasteiger partial charge in [0.2, 0.25) is 5.90 Å². The summed E-state index contributed by atoms with van der Waals surface area (Å²) in [7, 11) is 0. The molecule has 0 saturated heterocycles.